The smallest absolute Gasteiger partial charge is 0.331 e. The molecule has 0 spiro atoms. The number of aliphatic carboxylic acids is 1. The van der Waals surface area contributed by atoms with E-state index >= 15 is 0 Å². The predicted molar refractivity (Wildman–Crippen MR) is 66.1 cm³/mol. The zero-order valence-electron chi connectivity index (χ0n) is 10.6. The molecule has 1 fully saturated rings. The molecule has 1 saturated carbocycles. The molecule has 1 aliphatic rings. The van der Waals surface area contributed by atoms with E-state index in [-0.39, 0.29) is 24.8 Å². The summed E-state index contributed by atoms with van der Waals surface area (Å²) < 4.78 is 28.0. The van der Waals surface area contributed by atoms with E-state index in [1.54, 1.807) is 12.1 Å². The molecule has 1 atom stereocenters. The summed E-state index contributed by atoms with van der Waals surface area (Å²) in [4.78, 5) is 14.8. The molecule has 1 aromatic rings. The lowest BCUT2D eigenvalue weighted by Crippen LogP contribution is -2.31. The topological polar surface area (TPSA) is 50.2 Å². The maximum atomic E-state index is 14.0. The van der Waals surface area contributed by atoms with Gasteiger partial charge in [0.1, 0.15) is 0 Å². The second-order valence-corrected chi connectivity index (χ2v) is 4.83. The van der Waals surface area contributed by atoms with Crippen LogP contribution in [0.5, 0.6) is 0 Å². The molecular formula is C14H15F2NO2. The number of hydrogen-bond donors (Lipinski definition) is 1. The summed E-state index contributed by atoms with van der Waals surface area (Å²) in [6.07, 6.45) is 2.89. The molecule has 1 aromatic heterocycles. The fourth-order valence-corrected chi connectivity index (χ4v) is 2.44. The van der Waals surface area contributed by atoms with Gasteiger partial charge in [0.05, 0.1) is 5.92 Å². The monoisotopic (exact) mass is 267 g/mol. The molecule has 102 valence electrons. The van der Waals surface area contributed by atoms with Gasteiger partial charge in [-0.3, -0.25) is 4.98 Å². The van der Waals surface area contributed by atoms with E-state index in [0.717, 1.165) is 0 Å². The third-order valence-electron chi connectivity index (χ3n) is 3.68. The van der Waals surface area contributed by atoms with Crippen LogP contribution in [0.25, 0.3) is 0 Å². The van der Waals surface area contributed by atoms with Gasteiger partial charge in [-0.2, -0.15) is 0 Å². The number of allylic oxidation sites excluding steroid dienone is 1. The molecule has 2 rings (SSSR count). The SMILES string of the molecule is C/C(C(=O)O)=C1/CCC(F)(F)[C@@H](c2ccncc2)C1. The average Bonchev–Trinajstić information content (AvgIpc) is 2.38. The van der Waals surface area contributed by atoms with Gasteiger partial charge < -0.3 is 5.11 Å². The normalized spacial score (nSPS) is 24.9. The van der Waals surface area contributed by atoms with Crippen LogP contribution in [-0.2, 0) is 4.79 Å². The Morgan fingerprint density at radius 2 is 2.05 bits per heavy atom. The Morgan fingerprint density at radius 1 is 1.42 bits per heavy atom. The van der Waals surface area contributed by atoms with Crippen molar-refractivity contribution in [2.75, 3.05) is 0 Å². The number of halogens is 2. The summed E-state index contributed by atoms with van der Waals surface area (Å²) >= 11 is 0. The molecular weight excluding hydrogens is 252 g/mol. The van der Waals surface area contributed by atoms with Crippen LogP contribution in [-0.4, -0.2) is 22.0 Å². The molecule has 3 nitrogen and oxygen atoms in total. The number of rotatable bonds is 2. The number of carboxylic acids is 1. The molecule has 0 aliphatic heterocycles. The molecule has 1 heterocycles. The minimum absolute atomic E-state index is 0.0924. The van der Waals surface area contributed by atoms with Crippen molar-refractivity contribution in [2.24, 2.45) is 0 Å². The molecule has 19 heavy (non-hydrogen) atoms. The number of nitrogens with zero attached hydrogens (tertiary/aromatic N) is 1. The van der Waals surface area contributed by atoms with E-state index in [4.69, 9.17) is 5.11 Å². The summed E-state index contributed by atoms with van der Waals surface area (Å²) in [5.41, 5.74) is 1.31. The van der Waals surface area contributed by atoms with Crippen molar-refractivity contribution in [3.63, 3.8) is 0 Å². The lowest BCUT2D eigenvalue weighted by atomic mass is 9.77. The molecule has 0 aromatic carbocycles. The van der Waals surface area contributed by atoms with Gasteiger partial charge in [0, 0.05) is 24.4 Å². The van der Waals surface area contributed by atoms with Crippen molar-refractivity contribution < 1.29 is 18.7 Å². The first-order valence-corrected chi connectivity index (χ1v) is 6.11. The van der Waals surface area contributed by atoms with Crippen LogP contribution in [0.2, 0.25) is 0 Å². The van der Waals surface area contributed by atoms with Gasteiger partial charge in [-0.05, 0) is 37.5 Å². The quantitative estimate of drug-likeness (QED) is 0.836. The van der Waals surface area contributed by atoms with Crippen molar-refractivity contribution in [1.82, 2.24) is 4.98 Å². The Kier molecular flexibility index (Phi) is 3.64. The van der Waals surface area contributed by atoms with Crippen LogP contribution in [0.4, 0.5) is 8.78 Å². The van der Waals surface area contributed by atoms with E-state index in [9.17, 15) is 13.6 Å². The summed E-state index contributed by atoms with van der Waals surface area (Å²) in [7, 11) is 0. The molecule has 1 N–H and O–H groups in total. The average molecular weight is 267 g/mol. The minimum Gasteiger partial charge on any atom is -0.478 e. The number of aromatic nitrogens is 1. The summed E-state index contributed by atoms with van der Waals surface area (Å²) in [5.74, 6) is -4.80. The van der Waals surface area contributed by atoms with Crippen LogP contribution >= 0.6 is 0 Å². The van der Waals surface area contributed by atoms with Crippen molar-refractivity contribution in [1.29, 1.82) is 0 Å². The zero-order valence-corrected chi connectivity index (χ0v) is 10.6. The molecule has 5 heteroatoms. The van der Waals surface area contributed by atoms with E-state index in [0.29, 0.717) is 11.1 Å². The Balaban J connectivity index is 2.34. The first-order valence-electron chi connectivity index (χ1n) is 6.11. The van der Waals surface area contributed by atoms with Gasteiger partial charge in [0.15, 0.2) is 0 Å². The van der Waals surface area contributed by atoms with Crippen LogP contribution in [0.3, 0.4) is 0 Å². The Morgan fingerprint density at radius 3 is 2.63 bits per heavy atom. The lowest BCUT2D eigenvalue weighted by molar-refractivity contribution is -0.132. The largest absolute Gasteiger partial charge is 0.478 e. The first-order chi connectivity index (χ1) is 8.92. The van der Waals surface area contributed by atoms with Crippen molar-refractivity contribution in [3.05, 3.63) is 41.2 Å². The lowest BCUT2D eigenvalue weighted by Gasteiger charge is -2.33. The Bertz CT molecular complexity index is 511. The molecule has 0 saturated heterocycles. The van der Waals surface area contributed by atoms with Gasteiger partial charge in [-0.15, -0.1) is 0 Å². The Labute approximate surface area is 110 Å². The first kappa shape index (κ1) is 13.6. The van der Waals surface area contributed by atoms with Gasteiger partial charge in [0.25, 0.3) is 5.92 Å². The zero-order chi connectivity index (χ0) is 14.0. The number of alkyl halides is 2. The van der Waals surface area contributed by atoms with E-state index in [2.05, 4.69) is 4.98 Å². The standard InChI is InChI=1S/C14H15F2NO2/c1-9(13(18)19)11-2-5-14(15,16)12(8-11)10-3-6-17-7-4-10/h3-4,6-7,12H,2,5,8H2,1H3,(H,18,19)/b11-9+/t12-/m1/s1. The fraction of sp³-hybridized carbons (Fsp3) is 0.429. The van der Waals surface area contributed by atoms with Crippen molar-refractivity contribution in [2.45, 2.75) is 38.0 Å². The minimum atomic E-state index is -2.80. The highest BCUT2D eigenvalue weighted by Crippen LogP contribution is 2.47. The van der Waals surface area contributed by atoms with Gasteiger partial charge in [-0.25, -0.2) is 13.6 Å². The van der Waals surface area contributed by atoms with Crippen LogP contribution < -0.4 is 0 Å². The third kappa shape index (κ3) is 2.80. The molecule has 0 bridgehead atoms. The number of carboxylic acid groups (broad SMARTS) is 1. The molecule has 0 amide bonds. The number of pyridine rings is 1. The van der Waals surface area contributed by atoms with Crippen molar-refractivity contribution >= 4 is 5.97 Å². The second-order valence-electron chi connectivity index (χ2n) is 4.83. The predicted octanol–water partition coefficient (Wildman–Crippen LogP) is 3.39. The highest BCUT2D eigenvalue weighted by atomic mass is 19.3. The van der Waals surface area contributed by atoms with E-state index < -0.39 is 17.8 Å². The summed E-state index contributed by atoms with van der Waals surface area (Å²) in [6, 6.07) is 3.13. The van der Waals surface area contributed by atoms with Gasteiger partial charge in [-0.1, -0.05) is 5.57 Å². The maximum absolute atomic E-state index is 14.0. The van der Waals surface area contributed by atoms with Crippen molar-refractivity contribution in [3.8, 4) is 0 Å². The Hall–Kier alpha value is -1.78. The van der Waals surface area contributed by atoms with Gasteiger partial charge in [0.2, 0.25) is 0 Å². The second kappa shape index (κ2) is 5.07. The fourth-order valence-electron chi connectivity index (χ4n) is 2.44. The molecule has 0 unspecified atom stereocenters. The summed E-state index contributed by atoms with van der Waals surface area (Å²) in [5, 5.41) is 8.97. The molecule has 1 aliphatic carbocycles. The van der Waals surface area contributed by atoms with E-state index in [1.165, 1.54) is 19.3 Å². The van der Waals surface area contributed by atoms with Crippen LogP contribution in [0.15, 0.2) is 35.7 Å². The van der Waals surface area contributed by atoms with Gasteiger partial charge >= 0.3 is 5.97 Å². The number of hydrogen-bond acceptors (Lipinski definition) is 2. The summed E-state index contributed by atoms with van der Waals surface area (Å²) in [6.45, 7) is 1.48. The maximum Gasteiger partial charge on any atom is 0.331 e. The molecule has 0 radical (unpaired) electrons. The van der Waals surface area contributed by atoms with E-state index in [1.807, 2.05) is 0 Å². The third-order valence-corrected chi connectivity index (χ3v) is 3.68. The highest BCUT2D eigenvalue weighted by Gasteiger charge is 2.44. The number of carbonyl (C=O) groups is 1. The van der Waals surface area contributed by atoms with Crippen LogP contribution in [0, 0.1) is 0 Å². The highest BCUT2D eigenvalue weighted by molar-refractivity contribution is 5.86. The van der Waals surface area contributed by atoms with Crippen LogP contribution in [0.1, 0.15) is 37.7 Å².